The molecule has 0 spiro atoms. The van der Waals surface area contributed by atoms with Crippen LogP contribution in [0.3, 0.4) is 0 Å². The molecule has 3 aromatic rings. The molecule has 5 heteroatoms. The summed E-state index contributed by atoms with van der Waals surface area (Å²) in [6.45, 7) is 2.06. The van der Waals surface area contributed by atoms with Gasteiger partial charge in [0.2, 0.25) is 0 Å². The van der Waals surface area contributed by atoms with Crippen LogP contribution in [-0.4, -0.2) is 13.7 Å². The molecule has 0 radical (unpaired) electrons. The minimum atomic E-state index is 0.899. The number of aryl methyl sites for hydroxylation is 1. The monoisotopic (exact) mass is 305 g/mol. The van der Waals surface area contributed by atoms with Crippen LogP contribution in [0.4, 0.5) is 0 Å². The van der Waals surface area contributed by atoms with Gasteiger partial charge in [-0.3, -0.25) is 4.98 Å². The lowest BCUT2D eigenvalue weighted by Gasteiger charge is -2.03. The molecule has 0 amide bonds. The molecule has 17 heavy (non-hydrogen) atoms. The predicted molar refractivity (Wildman–Crippen MR) is 73.1 cm³/mol. The van der Waals surface area contributed by atoms with Gasteiger partial charge < -0.3 is 0 Å². The Hall–Kier alpha value is -1.33. The summed E-state index contributed by atoms with van der Waals surface area (Å²) in [5.74, 6) is 0. The van der Waals surface area contributed by atoms with Gasteiger partial charge in [0.05, 0.1) is 17.4 Å². The summed E-state index contributed by atoms with van der Waals surface area (Å²) in [5, 5.41) is 0. The maximum atomic E-state index is 4.39. The minimum Gasteiger partial charge on any atom is -0.256 e. The smallest absolute Gasteiger partial charge is 0.119 e. The van der Waals surface area contributed by atoms with Crippen LogP contribution in [0.1, 0.15) is 5.56 Å². The van der Waals surface area contributed by atoms with Crippen LogP contribution >= 0.6 is 27.7 Å². The number of hydrogen-bond donors (Lipinski definition) is 0. The van der Waals surface area contributed by atoms with Crippen molar-refractivity contribution in [1.82, 2.24) is 13.7 Å². The molecule has 2 aromatic heterocycles. The van der Waals surface area contributed by atoms with Crippen molar-refractivity contribution < 1.29 is 0 Å². The van der Waals surface area contributed by atoms with E-state index in [1.165, 1.54) is 17.3 Å². The molecule has 0 fully saturated rings. The van der Waals surface area contributed by atoms with Crippen molar-refractivity contribution in [3.8, 4) is 11.3 Å². The molecule has 0 aliphatic rings. The van der Waals surface area contributed by atoms with Gasteiger partial charge in [-0.25, -0.2) is 0 Å². The highest BCUT2D eigenvalue weighted by molar-refractivity contribution is 9.10. The van der Waals surface area contributed by atoms with Crippen LogP contribution in [0.5, 0.6) is 0 Å². The Kier molecular flexibility index (Phi) is 2.64. The Morgan fingerprint density at radius 3 is 2.76 bits per heavy atom. The third kappa shape index (κ3) is 1.85. The van der Waals surface area contributed by atoms with Crippen LogP contribution in [-0.2, 0) is 0 Å². The fraction of sp³-hybridized carbons (Fsp3) is 0.0833. The number of hydrogen-bond acceptors (Lipinski definition) is 4. The summed E-state index contributed by atoms with van der Waals surface area (Å²) < 4.78 is 9.60. The van der Waals surface area contributed by atoms with E-state index in [0.29, 0.717) is 0 Å². The van der Waals surface area contributed by atoms with Crippen molar-refractivity contribution in [2.45, 2.75) is 6.92 Å². The Balaban J connectivity index is 2.31. The van der Waals surface area contributed by atoms with Crippen LogP contribution in [0.2, 0.25) is 0 Å². The van der Waals surface area contributed by atoms with Gasteiger partial charge in [0.1, 0.15) is 11.0 Å². The lowest BCUT2D eigenvalue weighted by Crippen LogP contribution is -1.86. The average Bonchev–Trinajstić information content (AvgIpc) is 2.79. The zero-order valence-electron chi connectivity index (χ0n) is 9.01. The molecule has 2 heterocycles. The molecule has 0 bridgehead atoms. The molecule has 0 saturated heterocycles. The number of aromatic nitrogens is 3. The van der Waals surface area contributed by atoms with Gasteiger partial charge >= 0.3 is 0 Å². The molecule has 0 aliphatic carbocycles. The second-order valence-corrected chi connectivity index (χ2v) is 5.16. The van der Waals surface area contributed by atoms with Crippen molar-refractivity contribution in [3.05, 3.63) is 40.5 Å². The third-order valence-electron chi connectivity index (χ3n) is 2.56. The fourth-order valence-corrected chi connectivity index (χ4v) is 2.83. The lowest BCUT2D eigenvalue weighted by molar-refractivity contribution is 1.29. The van der Waals surface area contributed by atoms with Gasteiger partial charge in [0, 0.05) is 16.2 Å². The molecule has 1 aromatic carbocycles. The van der Waals surface area contributed by atoms with Crippen LogP contribution in [0.25, 0.3) is 22.3 Å². The number of nitrogens with zero attached hydrogens (tertiary/aromatic N) is 3. The molecule has 84 valence electrons. The summed E-state index contributed by atoms with van der Waals surface area (Å²) in [6, 6.07) is 8.06. The Labute approximate surface area is 111 Å². The van der Waals surface area contributed by atoms with E-state index < -0.39 is 0 Å². The third-order valence-corrected chi connectivity index (χ3v) is 3.73. The summed E-state index contributed by atoms with van der Waals surface area (Å²) in [5.41, 5.74) is 4.96. The first-order valence-corrected chi connectivity index (χ1v) is 6.62. The largest absolute Gasteiger partial charge is 0.256 e. The molecule has 0 N–H and O–H groups in total. The second-order valence-electron chi connectivity index (χ2n) is 3.77. The Morgan fingerprint density at radius 1 is 1.12 bits per heavy atom. The lowest BCUT2D eigenvalue weighted by atomic mass is 10.1. The highest BCUT2D eigenvalue weighted by Crippen LogP contribution is 2.31. The molecular formula is C12H8BrN3S. The van der Waals surface area contributed by atoms with Crippen LogP contribution in [0.15, 0.2) is 34.9 Å². The van der Waals surface area contributed by atoms with E-state index in [9.17, 15) is 0 Å². The van der Waals surface area contributed by atoms with Crippen LogP contribution in [0, 0.1) is 6.92 Å². The molecule has 3 rings (SSSR count). The number of halogens is 1. The van der Waals surface area contributed by atoms with Gasteiger partial charge in [-0.1, -0.05) is 0 Å². The fourth-order valence-electron chi connectivity index (χ4n) is 1.73. The van der Waals surface area contributed by atoms with E-state index in [0.717, 1.165) is 26.8 Å². The summed E-state index contributed by atoms with van der Waals surface area (Å²) >= 11 is 4.70. The normalized spacial score (nSPS) is 10.9. The number of benzene rings is 1. The van der Waals surface area contributed by atoms with Gasteiger partial charge in [-0.15, -0.1) is 0 Å². The minimum absolute atomic E-state index is 0.899. The molecule has 0 aliphatic heterocycles. The van der Waals surface area contributed by atoms with E-state index >= 15 is 0 Å². The van der Waals surface area contributed by atoms with Crippen LogP contribution < -0.4 is 0 Å². The van der Waals surface area contributed by atoms with Gasteiger partial charge in [0.15, 0.2) is 0 Å². The molecule has 0 saturated carbocycles. The predicted octanol–water partition coefficient (Wildman–Crippen LogP) is 3.82. The van der Waals surface area contributed by atoms with E-state index in [-0.39, 0.29) is 0 Å². The van der Waals surface area contributed by atoms with Crippen molar-refractivity contribution in [3.63, 3.8) is 0 Å². The van der Waals surface area contributed by atoms with E-state index in [4.69, 9.17) is 0 Å². The maximum absolute atomic E-state index is 4.39. The molecular weight excluding hydrogens is 298 g/mol. The number of rotatable bonds is 1. The molecule has 0 unspecified atom stereocenters. The van der Waals surface area contributed by atoms with Crippen molar-refractivity contribution >= 4 is 38.7 Å². The standard InChI is InChI=1S/C12H8BrN3S/c1-7-4-5-14-10(6-7)8-2-3-9(13)12-11(8)15-17-16-12/h2-6H,1H3. The summed E-state index contributed by atoms with van der Waals surface area (Å²) in [6.07, 6.45) is 1.82. The second kappa shape index (κ2) is 4.16. The van der Waals surface area contributed by atoms with E-state index in [1.54, 1.807) is 0 Å². The summed E-state index contributed by atoms with van der Waals surface area (Å²) in [4.78, 5) is 4.39. The number of pyridine rings is 1. The Morgan fingerprint density at radius 2 is 1.94 bits per heavy atom. The highest BCUT2D eigenvalue weighted by atomic mass is 79.9. The van der Waals surface area contributed by atoms with E-state index in [2.05, 4.69) is 42.7 Å². The first-order valence-electron chi connectivity index (χ1n) is 5.09. The maximum Gasteiger partial charge on any atom is 0.119 e. The van der Waals surface area contributed by atoms with Gasteiger partial charge in [0.25, 0.3) is 0 Å². The zero-order chi connectivity index (χ0) is 11.8. The van der Waals surface area contributed by atoms with Crippen molar-refractivity contribution in [1.29, 1.82) is 0 Å². The molecule has 0 atom stereocenters. The molecule has 3 nitrogen and oxygen atoms in total. The van der Waals surface area contributed by atoms with Gasteiger partial charge in [-0.05, 0) is 52.7 Å². The topological polar surface area (TPSA) is 38.7 Å². The SMILES string of the molecule is Cc1ccnc(-c2ccc(Br)c3nsnc23)c1. The van der Waals surface area contributed by atoms with Gasteiger partial charge in [-0.2, -0.15) is 8.75 Å². The average molecular weight is 306 g/mol. The van der Waals surface area contributed by atoms with E-state index in [1.807, 2.05) is 24.4 Å². The number of fused-ring (bicyclic) bond motifs is 1. The Bertz CT molecular complexity index is 693. The highest BCUT2D eigenvalue weighted by Gasteiger charge is 2.11. The zero-order valence-corrected chi connectivity index (χ0v) is 11.4. The van der Waals surface area contributed by atoms with Crippen molar-refractivity contribution in [2.24, 2.45) is 0 Å². The van der Waals surface area contributed by atoms with Crippen molar-refractivity contribution in [2.75, 3.05) is 0 Å². The quantitative estimate of drug-likeness (QED) is 0.686. The summed E-state index contributed by atoms with van der Waals surface area (Å²) in [7, 11) is 0. The first-order chi connectivity index (χ1) is 8.25. The first kappa shape index (κ1) is 10.8.